The first-order valence-electron chi connectivity index (χ1n) is 8.39. The minimum absolute atomic E-state index is 0.0264. The number of hydrogen-bond donors (Lipinski definition) is 0. The Bertz CT molecular complexity index is 241. The number of rotatable bonds is 13. The largest absolute Gasteiger partial charge is 0.272 e. The molecule has 0 rings (SSSR count). The van der Waals surface area contributed by atoms with Crippen LogP contribution in [0.5, 0.6) is 0 Å². The predicted molar refractivity (Wildman–Crippen MR) is 87.4 cm³/mol. The molecule has 3 nitrogen and oxygen atoms in total. The minimum Gasteiger partial charge on any atom is -0.272 e. The van der Waals surface area contributed by atoms with E-state index < -0.39 is 0 Å². The summed E-state index contributed by atoms with van der Waals surface area (Å²) >= 11 is 0. The molecule has 0 aromatic heterocycles. The monoisotopic (exact) mass is 282 g/mol. The fraction of sp³-hybridized carbons (Fsp3) is 0.824. The van der Waals surface area contributed by atoms with Crippen LogP contribution in [-0.2, 0) is 4.79 Å². The summed E-state index contributed by atoms with van der Waals surface area (Å²) in [6.07, 6.45) is 11.3. The molecule has 0 aromatic carbocycles. The van der Waals surface area contributed by atoms with Gasteiger partial charge in [-0.05, 0) is 25.8 Å². The highest BCUT2D eigenvalue weighted by Crippen LogP contribution is 2.09. The molecule has 0 unspecified atom stereocenters. The summed E-state index contributed by atoms with van der Waals surface area (Å²) in [4.78, 5) is 11.9. The number of likely N-dealkylation sites (N-methyl/N-ethyl adjacent to an activating group) is 1. The molecule has 3 heteroatoms. The first kappa shape index (κ1) is 19.2. The van der Waals surface area contributed by atoms with Gasteiger partial charge in [-0.15, -0.1) is 0 Å². The van der Waals surface area contributed by atoms with Gasteiger partial charge in [-0.1, -0.05) is 59.0 Å². The number of carbonyl (C=O) groups is 1. The van der Waals surface area contributed by atoms with Crippen molar-refractivity contribution >= 4 is 5.91 Å². The summed E-state index contributed by atoms with van der Waals surface area (Å²) in [5, 5.41) is 4.08. The van der Waals surface area contributed by atoms with Crippen molar-refractivity contribution in [3.63, 3.8) is 0 Å². The molecule has 0 heterocycles. The molecule has 0 spiro atoms. The summed E-state index contributed by atoms with van der Waals surface area (Å²) in [5.41, 5.74) is 0. The van der Waals surface area contributed by atoms with Gasteiger partial charge in [-0.2, -0.15) is 0 Å². The minimum atomic E-state index is 0.0264. The van der Waals surface area contributed by atoms with Crippen molar-refractivity contribution in [3.05, 3.63) is 12.7 Å². The highest BCUT2D eigenvalue weighted by Gasteiger charge is 2.16. The smallest absolute Gasteiger partial charge is 0.260 e. The number of amides is 1. The van der Waals surface area contributed by atoms with E-state index in [1.54, 1.807) is 0 Å². The van der Waals surface area contributed by atoms with E-state index in [2.05, 4.69) is 25.4 Å². The number of hydrogen-bond acceptors (Lipinski definition) is 2. The zero-order valence-corrected chi connectivity index (χ0v) is 13.9. The zero-order chi connectivity index (χ0) is 15.2. The number of nitrogens with zero attached hydrogens (tertiary/aromatic N) is 2. The molecule has 20 heavy (non-hydrogen) atoms. The van der Waals surface area contributed by atoms with Crippen LogP contribution in [0, 0.1) is 0 Å². The van der Waals surface area contributed by atoms with E-state index in [-0.39, 0.29) is 5.91 Å². The quantitative estimate of drug-likeness (QED) is 0.284. The van der Waals surface area contributed by atoms with Gasteiger partial charge in [0.25, 0.3) is 5.91 Å². The lowest BCUT2D eigenvalue weighted by Crippen LogP contribution is -2.46. The Hall–Kier alpha value is -0.830. The highest BCUT2D eigenvalue weighted by atomic mass is 16.2. The van der Waals surface area contributed by atoms with Gasteiger partial charge < -0.3 is 0 Å². The van der Waals surface area contributed by atoms with Gasteiger partial charge in [0.15, 0.2) is 0 Å². The van der Waals surface area contributed by atoms with Gasteiger partial charge in [0.2, 0.25) is 0 Å². The van der Waals surface area contributed by atoms with Crippen molar-refractivity contribution in [3.8, 4) is 0 Å². The third-order valence-electron chi connectivity index (χ3n) is 3.61. The fourth-order valence-electron chi connectivity index (χ4n) is 2.40. The van der Waals surface area contributed by atoms with E-state index in [0.29, 0.717) is 0 Å². The van der Waals surface area contributed by atoms with Crippen molar-refractivity contribution in [2.75, 3.05) is 19.6 Å². The topological polar surface area (TPSA) is 23.6 Å². The van der Waals surface area contributed by atoms with Crippen molar-refractivity contribution in [1.29, 1.82) is 0 Å². The van der Waals surface area contributed by atoms with Crippen LogP contribution in [0.15, 0.2) is 12.7 Å². The molecular formula is C17H34N2O. The van der Waals surface area contributed by atoms with Gasteiger partial charge in [0, 0.05) is 19.6 Å². The summed E-state index contributed by atoms with van der Waals surface area (Å²) in [5.74, 6) is 0.0264. The fourth-order valence-corrected chi connectivity index (χ4v) is 2.40. The molecule has 0 aliphatic heterocycles. The van der Waals surface area contributed by atoms with Crippen LogP contribution in [-0.4, -0.2) is 35.6 Å². The van der Waals surface area contributed by atoms with Crippen LogP contribution in [0.25, 0.3) is 0 Å². The van der Waals surface area contributed by atoms with Crippen LogP contribution in [0.2, 0.25) is 0 Å². The third-order valence-corrected chi connectivity index (χ3v) is 3.61. The Balaban J connectivity index is 4.33. The average molecular weight is 282 g/mol. The maximum Gasteiger partial charge on any atom is 0.260 e. The third kappa shape index (κ3) is 8.36. The molecule has 1 amide bonds. The Morgan fingerprint density at radius 2 is 1.40 bits per heavy atom. The normalized spacial score (nSPS) is 10.8. The first-order valence-corrected chi connectivity index (χ1v) is 8.39. The molecule has 0 radical (unpaired) electrons. The summed E-state index contributed by atoms with van der Waals surface area (Å²) in [7, 11) is 0. The second-order valence-corrected chi connectivity index (χ2v) is 5.33. The standard InChI is InChI=1S/C17H34N2O/c1-5-9-11-13-15-18(16-14-12-10-6-2)19(8-4)17(20)7-3/h7H,3,5-6,8-16H2,1-2,4H3. The number of hydrazine groups is 1. The molecule has 118 valence electrons. The first-order chi connectivity index (χ1) is 9.71. The Kier molecular flexibility index (Phi) is 12.6. The van der Waals surface area contributed by atoms with E-state index in [0.717, 1.165) is 19.6 Å². The van der Waals surface area contributed by atoms with Crippen molar-refractivity contribution in [2.24, 2.45) is 0 Å². The molecule has 0 aliphatic carbocycles. The Morgan fingerprint density at radius 3 is 1.75 bits per heavy atom. The lowest BCUT2D eigenvalue weighted by Gasteiger charge is -2.33. The van der Waals surface area contributed by atoms with Crippen LogP contribution in [0.3, 0.4) is 0 Å². The molecule has 0 N–H and O–H groups in total. The van der Waals surface area contributed by atoms with Gasteiger partial charge in [-0.3, -0.25) is 9.80 Å². The lowest BCUT2D eigenvalue weighted by atomic mass is 10.2. The maximum absolute atomic E-state index is 11.9. The molecule has 0 bridgehead atoms. The number of carbonyl (C=O) groups excluding carboxylic acids is 1. The molecule has 0 aliphatic rings. The average Bonchev–Trinajstić information content (AvgIpc) is 2.47. The van der Waals surface area contributed by atoms with Crippen LogP contribution in [0.1, 0.15) is 72.1 Å². The summed E-state index contributed by atoms with van der Waals surface area (Å²) in [6, 6.07) is 0. The van der Waals surface area contributed by atoms with Gasteiger partial charge in [0.05, 0.1) is 0 Å². The lowest BCUT2D eigenvalue weighted by molar-refractivity contribution is -0.143. The van der Waals surface area contributed by atoms with E-state index in [1.807, 2.05) is 11.9 Å². The van der Waals surface area contributed by atoms with E-state index in [9.17, 15) is 4.79 Å². The van der Waals surface area contributed by atoms with Crippen molar-refractivity contribution in [1.82, 2.24) is 10.0 Å². The van der Waals surface area contributed by atoms with Crippen LogP contribution < -0.4 is 0 Å². The van der Waals surface area contributed by atoms with E-state index >= 15 is 0 Å². The van der Waals surface area contributed by atoms with Crippen LogP contribution >= 0.6 is 0 Å². The molecule has 0 aromatic rings. The van der Waals surface area contributed by atoms with Gasteiger partial charge in [-0.25, -0.2) is 5.01 Å². The molecule has 0 fully saturated rings. The van der Waals surface area contributed by atoms with Crippen molar-refractivity contribution in [2.45, 2.75) is 72.1 Å². The molecule has 0 saturated carbocycles. The second kappa shape index (κ2) is 13.2. The molecular weight excluding hydrogens is 248 g/mol. The Labute approximate surface area is 126 Å². The van der Waals surface area contributed by atoms with E-state index in [4.69, 9.17) is 0 Å². The summed E-state index contributed by atoms with van der Waals surface area (Å²) < 4.78 is 0. The van der Waals surface area contributed by atoms with Gasteiger partial charge in [0.1, 0.15) is 0 Å². The molecule has 0 saturated heterocycles. The second-order valence-electron chi connectivity index (χ2n) is 5.33. The predicted octanol–water partition coefficient (Wildman–Crippen LogP) is 4.40. The van der Waals surface area contributed by atoms with Gasteiger partial charge >= 0.3 is 0 Å². The maximum atomic E-state index is 11.9. The Morgan fingerprint density at radius 1 is 0.900 bits per heavy atom. The molecule has 0 atom stereocenters. The SMILES string of the molecule is C=CC(=O)N(CC)N(CCCCCC)CCCCCC. The number of unbranched alkanes of at least 4 members (excludes halogenated alkanes) is 6. The van der Waals surface area contributed by atoms with Crippen LogP contribution in [0.4, 0.5) is 0 Å². The highest BCUT2D eigenvalue weighted by molar-refractivity contribution is 5.86. The van der Waals surface area contributed by atoms with Crippen molar-refractivity contribution < 1.29 is 4.79 Å². The zero-order valence-electron chi connectivity index (χ0n) is 13.9. The van der Waals surface area contributed by atoms with E-state index in [1.165, 1.54) is 57.4 Å². The summed E-state index contributed by atoms with van der Waals surface area (Å²) in [6.45, 7) is 12.8.